The second kappa shape index (κ2) is 8.00. The van der Waals surface area contributed by atoms with E-state index < -0.39 is 10.0 Å². The first kappa shape index (κ1) is 19.7. The minimum absolute atomic E-state index is 0.0206. The lowest BCUT2D eigenvalue weighted by Crippen LogP contribution is -2.50. The molecule has 0 spiro atoms. The van der Waals surface area contributed by atoms with Gasteiger partial charge < -0.3 is 15.0 Å². The van der Waals surface area contributed by atoms with Crippen LogP contribution in [0.15, 0.2) is 24.3 Å². The quantitative estimate of drug-likeness (QED) is 0.779. The van der Waals surface area contributed by atoms with E-state index >= 15 is 0 Å². The Morgan fingerprint density at radius 2 is 1.89 bits per heavy atom. The number of rotatable bonds is 2. The van der Waals surface area contributed by atoms with Crippen LogP contribution < -0.4 is 10.0 Å². The smallest absolute Gasteiger partial charge is 0.242 e. The highest BCUT2D eigenvalue weighted by Crippen LogP contribution is 2.38. The molecule has 3 aliphatic heterocycles. The van der Waals surface area contributed by atoms with Crippen molar-refractivity contribution in [3.8, 4) is 0 Å². The first-order valence-corrected chi connectivity index (χ1v) is 12.0. The molecule has 2 fully saturated rings. The van der Waals surface area contributed by atoms with Gasteiger partial charge in [-0.15, -0.1) is 0 Å². The minimum atomic E-state index is -3.34. The Kier molecular flexibility index (Phi) is 5.62. The Morgan fingerprint density at radius 1 is 1.14 bits per heavy atom. The molecule has 2 atom stereocenters. The number of sulfonamides is 1. The van der Waals surface area contributed by atoms with Crippen LogP contribution in [0.4, 0.5) is 5.69 Å². The molecule has 1 aromatic rings. The molecule has 2 N–H and O–H groups in total. The van der Waals surface area contributed by atoms with Gasteiger partial charge in [0.05, 0.1) is 31.6 Å². The highest BCUT2D eigenvalue weighted by Gasteiger charge is 2.39. The van der Waals surface area contributed by atoms with E-state index in [0.29, 0.717) is 25.5 Å². The summed E-state index contributed by atoms with van der Waals surface area (Å²) in [4.78, 5) is 14.7. The molecule has 0 unspecified atom stereocenters. The van der Waals surface area contributed by atoms with Crippen LogP contribution in [-0.4, -0.2) is 63.4 Å². The van der Waals surface area contributed by atoms with Gasteiger partial charge in [-0.2, -0.15) is 0 Å². The molecule has 154 valence electrons. The molecule has 0 radical (unpaired) electrons. The zero-order valence-electron chi connectivity index (χ0n) is 16.3. The van der Waals surface area contributed by atoms with Gasteiger partial charge in [0.15, 0.2) is 0 Å². The van der Waals surface area contributed by atoms with Crippen LogP contribution >= 0.6 is 0 Å². The fourth-order valence-corrected chi connectivity index (χ4v) is 5.67. The van der Waals surface area contributed by atoms with Crippen molar-refractivity contribution < 1.29 is 17.9 Å². The summed E-state index contributed by atoms with van der Waals surface area (Å²) in [5.74, 6) is 0.464. The van der Waals surface area contributed by atoms with Gasteiger partial charge in [-0.3, -0.25) is 4.79 Å². The Morgan fingerprint density at radius 3 is 2.64 bits per heavy atom. The average Bonchev–Trinajstić information content (AvgIpc) is 3.05. The van der Waals surface area contributed by atoms with Crippen molar-refractivity contribution in [1.82, 2.24) is 9.62 Å². The number of benzene rings is 1. The molecule has 1 saturated carbocycles. The van der Waals surface area contributed by atoms with E-state index in [1.165, 1.54) is 5.56 Å². The summed E-state index contributed by atoms with van der Waals surface area (Å²) in [6.45, 7) is 1.12. The average molecular weight is 408 g/mol. The zero-order chi connectivity index (χ0) is 19.7. The van der Waals surface area contributed by atoms with Gasteiger partial charge in [-0.25, -0.2) is 13.1 Å². The van der Waals surface area contributed by atoms with Crippen molar-refractivity contribution in [3.05, 3.63) is 29.8 Å². The maximum atomic E-state index is 12.9. The maximum absolute atomic E-state index is 12.9. The third-order valence-electron chi connectivity index (χ3n) is 6.24. The van der Waals surface area contributed by atoms with Gasteiger partial charge in [-0.1, -0.05) is 18.2 Å². The van der Waals surface area contributed by atoms with Crippen molar-refractivity contribution in [2.24, 2.45) is 0 Å². The molecule has 8 heteroatoms. The number of hydrogen-bond acceptors (Lipinski definition) is 5. The number of amides is 1. The predicted octanol–water partition coefficient (Wildman–Crippen LogP) is 1.67. The Hall–Kier alpha value is -1.64. The molecule has 1 amide bonds. The summed E-state index contributed by atoms with van der Waals surface area (Å²) < 4.78 is 32.4. The van der Waals surface area contributed by atoms with E-state index in [1.807, 2.05) is 12.1 Å². The normalized spacial score (nSPS) is 31.2. The number of carbonyl (C=O) groups is 1. The van der Waals surface area contributed by atoms with Gasteiger partial charge in [0.1, 0.15) is 0 Å². The van der Waals surface area contributed by atoms with Crippen molar-refractivity contribution in [1.29, 1.82) is 0 Å². The van der Waals surface area contributed by atoms with E-state index in [9.17, 15) is 13.2 Å². The third kappa shape index (κ3) is 4.34. The number of carbonyl (C=O) groups excluding carboxylic acids is 1. The fourth-order valence-electron chi connectivity index (χ4n) is 4.84. The van der Waals surface area contributed by atoms with Gasteiger partial charge in [0.2, 0.25) is 15.9 Å². The third-order valence-corrected chi connectivity index (χ3v) is 6.97. The van der Waals surface area contributed by atoms with Crippen LogP contribution in [0.1, 0.15) is 43.6 Å². The predicted molar refractivity (Wildman–Crippen MR) is 108 cm³/mol. The first-order chi connectivity index (χ1) is 13.4. The van der Waals surface area contributed by atoms with Gasteiger partial charge >= 0.3 is 0 Å². The van der Waals surface area contributed by atoms with E-state index in [4.69, 9.17) is 4.74 Å². The summed E-state index contributed by atoms with van der Waals surface area (Å²) in [5, 5.41) is 3.34. The van der Waals surface area contributed by atoms with Crippen LogP contribution in [-0.2, 0) is 19.6 Å². The molecule has 1 aliphatic carbocycles. The lowest BCUT2D eigenvalue weighted by atomic mass is 9.82. The number of fused-ring (bicyclic) bond motifs is 5. The SMILES string of the molecule is CS(=O)(=O)N[C@H]1CCN2C(=O)CNc3ccccc3[C@H]3CC[C@H](CC3)OC[C@@H]12. The fraction of sp³-hybridized carbons (Fsp3) is 0.650. The lowest BCUT2D eigenvalue weighted by molar-refractivity contribution is -0.132. The van der Waals surface area contributed by atoms with Crippen molar-refractivity contribution >= 4 is 21.6 Å². The summed E-state index contributed by atoms with van der Waals surface area (Å²) in [6, 6.07) is 7.68. The van der Waals surface area contributed by atoms with Crippen molar-refractivity contribution in [2.75, 3.05) is 31.3 Å². The van der Waals surface area contributed by atoms with Gasteiger partial charge in [-0.05, 0) is 49.7 Å². The topological polar surface area (TPSA) is 87.7 Å². The minimum Gasteiger partial charge on any atom is -0.376 e. The highest BCUT2D eigenvalue weighted by molar-refractivity contribution is 7.88. The molecule has 1 saturated heterocycles. The molecule has 4 aliphatic rings. The van der Waals surface area contributed by atoms with Crippen LogP contribution in [0.25, 0.3) is 0 Å². The Bertz CT molecular complexity index is 820. The summed E-state index contributed by atoms with van der Waals surface area (Å²) >= 11 is 0. The monoisotopic (exact) mass is 407 g/mol. The Balaban J connectivity index is 1.59. The highest BCUT2D eigenvalue weighted by atomic mass is 32.2. The largest absolute Gasteiger partial charge is 0.376 e. The molecular formula is C20H29N3O4S. The molecule has 28 heavy (non-hydrogen) atoms. The number of nitrogens with one attached hydrogen (secondary N) is 2. The molecule has 7 nitrogen and oxygen atoms in total. The summed E-state index contributed by atoms with van der Waals surface area (Å²) in [6.07, 6.45) is 6.06. The molecule has 0 aromatic heterocycles. The van der Waals surface area contributed by atoms with Gasteiger partial charge in [0.25, 0.3) is 0 Å². The first-order valence-electron chi connectivity index (χ1n) is 10.1. The Labute approximate surface area is 166 Å². The molecule has 2 bridgehead atoms. The second-order valence-corrected chi connectivity index (χ2v) is 9.97. The number of para-hydroxylation sites is 1. The second-order valence-electron chi connectivity index (χ2n) is 8.19. The number of anilines is 1. The van der Waals surface area contributed by atoms with Gasteiger partial charge in [0, 0.05) is 18.3 Å². The van der Waals surface area contributed by atoms with E-state index in [-0.39, 0.29) is 30.6 Å². The van der Waals surface area contributed by atoms with Crippen LogP contribution in [0.3, 0.4) is 0 Å². The van der Waals surface area contributed by atoms with E-state index in [1.54, 1.807) is 4.90 Å². The van der Waals surface area contributed by atoms with Crippen molar-refractivity contribution in [3.63, 3.8) is 0 Å². The van der Waals surface area contributed by atoms with Crippen molar-refractivity contribution in [2.45, 2.75) is 56.2 Å². The van der Waals surface area contributed by atoms with Crippen LogP contribution in [0.2, 0.25) is 0 Å². The van der Waals surface area contributed by atoms with Crippen LogP contribution in [0, 0.1) is 0 Å². The number of ether oxygens (including phenoxy) is 1. The summed E-state index contributed by atoms with van der Waals surface area (Å²) in [7, 11) is -3.34. The standard InChI is InChI=1S/C20H29N3O4S/c1-28(25,26)22-18-10-11-23-19(18)13-27-15-8-6-14(7-9-15)16-4-2-3-5-17(16)21-12-20(23)24/h2-5,14-15,18-19,21-22H,6-13H2,1H3/t14-,15+,18-,19-/m0/s1. The van der Waals surface area contributed by atoms with Crippen LogP contribution in [0.5, 0.6) is 0 Å². The zero-order valence-corrected chi connectivity index (χ0v) is 17.1. The molecule has 3 heterocycles. The maximum Gasteiger partial charge on any atom is 0.242 e. The van der Waals surface area contributed by atoms with E-state index in [0.717, 1.165) is 37.6 Å². The molecular weight excluding hydrogens is 378 g/mol. The van der Waals surface area contributed by atoms with E-state index in [2.05, 4.69) is 22.2 Å². The number of nitrogens with zero attached hydrogens (tertiary/aromatic N) is 1. The summed E-state index contributed by atoms with van der Waals surface area (Å²) in [5.41, 5.74) is 2.31. The molecule has 5 rings (SSSR count). The number of hydrogen-bond donors (Lipinski definition) is 2. The molecule has 1 aromatic carbocycles. The lowest BCUT2D eigenvalue weighted by Gasteiger charge is -2.32.